The lowest BCUT2D eigenvalue weighted by Crippen LogP contribution is -2.32. The van der Waals surface area contributed by atoms with Gasteiger partial charge in [-0.05, 0) is 36.6 Å². The molecule has 0 bridgehead atoms. The number of hydrogen-bond acceptors (Lipinski definition) is 4. The molecule has 2 aromatic carbocycles. The average Bonchev–Trinajstić information content (AvgIpc) is 2.62. The van der Waals surface area contributed by atoms with Crippen molar-refractivity contribution in [3.05, 3.63) is 75.8 Å². The van der Waals surface area contributed by atoms with E-state index in [1.54, 1.807) is 19.1 Å². The molecule has 0 aliphatic carbocycles. The van der Waals surface area contributed by atoms with E-state index >= 15 is 0 Å². The van der Waals surface area contributed by atoms with Gasteiger partial charge in [0.2, 0.25) is 0 Å². The molecule has 0 spiro atoms. The third-order valence-corrected chi connectivity index (χ3v) is 4.61. The van der Waals surface area contributed by atoms with E-state index in [0.717, 1.165) is 12.0 Å². The molecule has 3 rings (SSSR count). The van der Waals surface area contributed by atoms with Crippen LogP contribution in [0.2, 0.25) is 0 Å². The van der Waals surface area contributed by atoms with Crippen molar-refractivity contribution in [3.63, 3.8) is 0 Å². The third-order valence-electron chi connectivity index (χ3n) is 4.61. The van der Waals surface area contributed by atoms with Gasteiger partial charge in [0.25, 0.3) is 5.69 Å². The predicted molar refractivity (Wildman–Crippen MR) is 89.8 cm³/mol. The van der Waals surface area contributed by atoms with E-state index in [9.17, 15) is 14.9 Å². The van der Waals surface area contributed by atoms with Gasteiger partial charge >= 0.3 is 0 Å². The third kappa shape index (κ3) is 3.36. The highest BCUT2D eigenvalue weighted by atomic mass is 16.6. The molecule has 24 heavy (non-hydrogen) atoms. The fourth-order valence-corrected chi connectivity index (χ4v) is 3.29. The van der Waals surface area contributed by atoms with E-state index < -0.39 is 4.92 Å². The van der Waals surface area contributed by atoms with E-state index in [1.807, 2.05) is 18.2 Å². The summed E-state index contributed by atoms with van der Waals surface area (Å²) in [6, 6.07) is 16.3. The zero-order valence-electron chi connectivity index (χ0n) is 13.4. The van der Waals surface area contributed by atoms with Crippen molar-refractivity contribution in [2.24, 2.45) is 5.92 Å². The lowest BCUT2D eigenvalue weighted by atomic mass is 9.80. The molecule has 1 fully saturated rings. The molecule has 0 aromatic heterocycles. The van der Waals surface area contributed by atoms with Gasteiger partial charge in [0.1, 0.15) is 5.78 Å². The minimum atomic E-state index is -0.431. The van der Waals surface area contributed by atoms with Gasteiger partial charge in [-0.25, -0.2) is 0 Å². The molecule has 0 N–H and O–H groups in total. The van der Waals surface area contributed by atoms with E-state index in [-0.39, 0.29) is 29.4 Å². The van der Waals surface area contributed by atoms with Crippen LogP contribution in [0.3, 0.4) is 0 Å². The van der Waals surface area contributed by atoms with Crippen LogP contribution in [-0.4, -0.2) is 17.3 Å². The monoisotopic (exact) mass is 325 g/mol. The number of benzene rings is 2. The van der Waals surface area contributed by atoms with Gasteiger partial charge in [-0.1, -0.05) is 30.3 Å². The first-order valence-corrected chi connectivity index (χ1v) is 7.97. The summed E-state index contributed by atoms with van der Waals surface area (Å²) in [5.41, 5.74) is 2.02. The molecule has 2 aromatic rings. The summed E-state index contributed by atoms with van der Waals surface area (Å²) in [6.07, 6.45) is 0.379. The summed E-state index contributed by atoms with van der Waals surface area (Å²) in [6.45, 7) is 2.12. The highest BCUT2D eigenvalue weighted by Crippen LogP contribution is 2.40. The smallest absolute Gasteiger partial charge is 0.269 e. The maximum Gasteiger partial charge on any atom is 0.269 e. The number of ketones is 1. The fourth-order valence-electron chi connectivity index (χ4n) is 3.29. The maximum atomic E-state index is 12.1. The Balaban J connectivity index is 1.82. The number of Topliss-reactive ketones (excluding diaryl/α,β-unsaturated/α-hetero) is 1. The number of nitro benzene ring substituents is 1. The molecule has 1 aliphatic rings. The Bertz CT molecular complexity index is 727. The van der Waals surface area contributed by atoms with Crippen LogP contribution in [0, 0.1) is 16.0 Å². The highest BCUT2D eigenvalue weighted by molar-refractivity contribution is 5.79. The average molecular weight is 325 g/mol. The molecule has 5 heteroatoms. The summed E-state index contributed by atoms with van der Waals surface area (Å²) in [5.74, 6) is 0.0267. The Morgan fingerprint density at radius 1 is 1.08 bits per heavy atom. The van der Waals surface area contributed by atoms with E-state index in [4.69, 9.17) is 4.74 Å². The summed E-state index contributed by atoms with van der Waals surface area (Å²) < 4.78 is 6.01. The van der Waals surface area contributed by atoms with Crippen LogP contribution in [0.5, 0.6) is 0 Å². The normalized spacial score (nSPS) is 23.6. The van der Waals surface area contributed by atoms with Gasteiger partial charge in [-0.15, -0.1) is 0 Å². The first kappa shape index (κ1) is 16.3. The van der Waals surface area contributed by atoms with Crippen molar-refractivity contribution < 1.29 is 14.5 Å². The van der Waals surface area contributed by atoms with Gasteiger partial charge in [0, 0.05) is 24.0 Å². The highest BCUT2D eigenvalue weighted by Gasteiger charge is 2.35. The Morgan fingerprint density at radius 2 is 1.75 bits per heavy atom. The lowest BCUT2D eigenvalue weighted by molar-refractivity contribution is -0.384. The Morgan fingerprint density at radius 3 is 2.33 bits per heavy atom. The summed E-state index contributed by atoms with van der Waals surface area (Å²) in [5, 5.41) is 10.8. The van der Waals surface area contributed by atoms with E-state index in [2.05, 4.69) is 12.1 Å². The Hall–Kier alpha value is -2.53. The number of hydrogen-bond donors (Lipinski definition) is 0. The molecule has 1 heterocycles. The van der Waals surface area contributed by atoms with Gasteiger partial charge in [0.05, 0.1) is 17.6 Å². The molecule has 0 unspecified atom stereocenters. The first-order chi connectivity index (χ1) is 11.6. The summed E-state index contributed by atoms with van der Waals surface area (Å²) >= 11 is 0. The quantitative estimate of drug-likeness (QED) is 0.628. The largest absolute Gasteiger partial charge is 0.372 e. The molecule has 5 nitrogen and oxygen atoms in total. The molecule has 124 valence electrons. The van der Waals surface area contributed by atoms with Crippen molar-refractivity contribution in [1.29, 1.82) is 0 Å². The zero-order valence-corrected chi connectivity index (χ0v) is 13.4. The maximum absolute atomic E-state index is 12.1. The number of nitrogens with zero attached hydrogens (tertiary/aromatic N) is 1. The lowest BCUT2D eigenvalue weighted by Gasteiger charge is -2.35. The van der Waals surface area contributed by atoms with E-state index in [0.29, 0.717) is 6.61 Å². The molecule has 1 aliphatic heterocycles. The second kappa shape index (κ2) is 6.93. The predicted octanol–water partition coefficient (Wildman–Crippen LogP) is 4.05. The van der Waals surface area contributed by atoms with Crippen LogP contribution in [0.1, 0.15) is 36.5 Å². The minimum absolute atomic E-state index is 0.0381. The second-order valence-corrected chi connectivity index (χ2v) is 6.16. The molecule has 1 saturated heterocycles. The first-order valence-electron chi connectivity index (χ1n) is 7.97. The van der Waals surface area contributed by atoms with E-state index in [1.165, 1.54) is 17.7 Å². The zero-order chi connectivity index (χ0) is 17.1. The number of rotatable bonds is 4. The molecule has 3 atom stereocenters. The molecular formula is C19H19NO4. The number of nitro groups is 1. The van der Waals surface area contributed by atoms with Gasteiger partial charge < -0.3 is 4.74 Å². The van der Waals surface area contributed by atoms with Crippen LogP contribution in [0.15, 0.2) is 54.6 Å². The molecule has 0 radical (unpaired) electrons. The Kier molecular flexibility index (Phi) is 4.71. The molecule has 0 amide bonds. The van der Waals surface area contributed by atoms with Gasteiger partial charge in [0.15, 0.2) is 0 Å². The van der Waals surface area contributed by atoms with Gasteiger partial charge in [-0.3, -0.25) is 14.9 Å². The second-order valence-electron chi connectivity index (χ2n) is 6.16. The fraction of sp³-hybridized carbons (Fsp3) is 0.316. The summed E-state index contributed by atoms with van der Waals surface area (Å²) in [4.78, 5) is 22.5. The van der Waals surface area contributed by atoms with Crippen molar-refractivity contribution in [1.82, 2.24) is 0 Å². The van der Waals surface area contributed by atoms with Crippen molar-refractivity contribution in [2.45, 2.75) is 25.4 Å². The molecular weight excluding hydrogens is 306 g/mol. The van der Waals surface area contributed by atoms with Crippen LogP contribution in [-0.2, 0) is 9.53 Å². The van der Waals surface area contributed by atoms with Crippen LogP contribution in [0.25, 0.3) is 0 Å². The van der Waals surface area contributed by atoms with Crippen molar-refractivity contribution in [3.8, 4) is 0 Å². The van der Waals surface area contributed by atoms with Crippen LogP contribution < -0.4 is 0 Å². The van der Waals surface area contributed by atoms with Crippen LogP contribution >= 0.6 is 0 Å². The van der Waals surface area contributed by atoms with Gasteiger partial charge in [-0.2, -0.15) is 0 Å². The molecule has 0 saturated carbocycles. The SMILES string of the molecule is CC(=O)[C@H]1C[C@@H](c2ccccc2)CO[C@H]1c1ccc([N+](=O)[O-])cc1. The standard InChI is InChI=1S/C19H19NO4/c1-13(21)18-11-16(14-5-3-2-4-6-14)12-24-19(18)15-7-9-17(10-8-15)20(22)23/h2-10,16,18-19H,11-12H2,1H3/t16-,18-,19+/m1/s1. The Labute approximate surface area is 140 Å². The number of carbonyl (C=O) groups is 1. The van der Waals surface area contributed by atoms with Crippen LogP contribution in [0.4, 0.5) is 5.69 Å². The number of carbonyl (C=O) groups excluding carboxylic acids is 1. The van der Waals surface area contributed by atoms with Crippen molar-refractivity contribution >= 4 is 11.5 Å². The van der Waals surface area contributed by atoms with Crippen molar-refractivity contribution in [2.75, 3.05) is 6.61 Å². The number of non-ortho nitro benzene ring substituents is 1. The minimum Gasteiger partial charge on any atom is -0.372 e. The topological polar surface area (TPSA) is 69.4 Å². The summed E-state index contributed by atoms with van der Waals surface area (Å²) in [7, 11) is 0. The number of ether oxygens (including phenoxy) is 1.